The molecule has 0 rings (SSSR count). The molecule has 1 unspecified atom stereocenters. The SMILES string of the molecule is CCN(SNP(=O)(OC)SC)C(=O)OC. The number of nitrogens with one attached hydrogen (secondary N) is 1. The summed E-state index contributed by atoms with van der Waals surface area (Å²) in [5, 5.41) is 0. The maximum absolute atomic E-state index is 11.7. The molecule has 0 aliphatic carbocycles. The molecule has 0 aromatic rings. The molecule has 0 saturated carbocycles. The van der Waals surface area contributed by atoms with Crippen LogP contribution in [0.25, 0.3) is 0 Å². The lowest BCUT2D eigenvalue weighted by molar-refractivity contribution is 0.153. The van der Waals surface area contributed by atoms with E-state index in [9.17, 15) is 9.36 Å². The minimum absolute atomic E-state index is 0.433. The third-order valence-electron chi connectivity index (χ3n) is 1.41. The van der Waals surface area contributed by atoms with E-state index < -0.39 is 12.8 Å². The number of nitrogens with zero attached hydrogens (tertiary/aromatic N) is 1. The van der Waals surface area contributed by atoms with Crippen LogP contribution < -0.4 is 4.49 Å². The van der Waals surface area contributed by atoms with Crippen LogP contribution in [0.1, 0.15) is 6.92 Å². The van der Waals surface area contributed by atoms with Crippen LogP contribution in [0.2, 0.25) is 0 Å². The Kier molecular flexibility index (Phi) is 7.46. The van der Waals surface area contributed by atoms with Crippen LogP contribution in [0.15, 0.2) is 0 Å². The Balaban J connectivity index is 4.22. The van der Waals surface area contributed by atoms with E-state index in [-0.39, 0.29) is 0 Å². The molecule has 9 heteroatoms. The van der Waals surface area contributed by atoms with Crippen LogP contribution in [-0.4, -0.2) is 37.4 Å². The summed E-state index contributed by atoms with van der Waals surface area (Å²) < 4.78 is 24.9. The Hall–Kier alpha value is 0.120. The van der Waals surface area contributed by atoms with Gasteiger partial charge >= 0.3 is 12.8 Å². The molecular formula is C6H15N2O4PS2. The van der Waals surface area contributed by atoms with Gasteiger partial charge in [-0.3, -0.25) is 4.57 Å². The molecule has 1 N–H and O–H groups in total. The average Bonchev–Trinajstić information content (AvgIpc) is 2.29. The molecule has 0 aromatic heterocycles. The molecule has 0 spiro atoms. The third-order valence-corrected chi connectivity index (χ3v) is 6.78. The molecule has 0 aromatic carbocycles. The average molecular weight is 274 g/mol. The van der Waals surface area contributed by atoms with E-state index >= 15 is 0 Å². The van der Waals surface area contributed by atoms with E-state index in [1.54, 1.807) is 13.2 Å². The summed E-state index contributed by atoms with van der Waals surface area (Å²) in [5.41, 5.74) is 0. The summed E-state index contributed by atoms with van der Waals surface area (Å²) in [7, 11) is 2.63. The van der Waals surface area contributed by atoms with E-state index in [2.05, 4.69) is 9.23 Å². The van der Waals surface area contributed by atoms with E-state index in [0.717, 1.165) is 23.5 Å². The lowest BCUT2D eigenvalue weighted by Gasteiger charge is -2.20. The number of rotatable bonds is 6. The van der Waals surface area contributed by atoms with Gasteiger partial charge in [0.1, 0.15) is 0 Å². The van der Waals surface area contributed by atoms with Crippen molar-refractivity contribution in [3.63, 3.8) is 0 Å². The van der Waals surface area contributed by atoms with Crippen molar-refractivity contribution < 1.29 is 18.6 Å². The van der Waals surface area contributed by atoms with Crippen molar-refractivity contribution in [2.45, 2.75) is 6.92 Å². The van der Waals surface area contributed by atoms with E-state index in [1.807, 2.05) is 0 Å². The molecule has 0 radical (unpaired) electrons. The highest BCUT2D eigenvalue weighted by Crippen LogP contribution is 2.55. The number of carbonyl (C=O) groups excluding carboxylic acids is 1. The molecule has 0 saturated heterocycles. The smallest absolute Gasteiger partial charge is 0.420 e. The van der Waals surface area contributed by atoms with Crippen molar-refractivity contribution in [3.05, 3.63) is 0 Å². The highest BCUT2D eigenvalue weighted by molar-refractivity contribution is 8.56. The van der Waals surface area contributed by atoms with Crippen LogP contribution in [0, 0.1) is 0 Å². The van der Waals surface area contributed by atoms with Gasteiger partial charge in [-0.15, -0.1) is 0 Å². The van der Waals surface area contributed by atoms with Gasteiger partial charge in [0.25, 0.3) is 0 Å². The monoisotopic (exact) mass is 274 g/mol. The van der Waals surface area contributed by atoms with Gasteiger partial charge in [0, 0.05) is 13.7 Å². The summed E-state index contributed by atoms with van der Waals surface area (Å²) >= 11 is 1.98. The number of hydrogen-bond acceptors (Lipinski definition) is 6. The van der Waals surface area contributed by atoms with Crippen molar-refractivity contribution in [1.82, 2.24) is 8.80 Å². The van der Waals surface area contributed by atoms with Crippen molar-refractivity contribution >= 4 is 36.3 Å². The topological polar surface area (TPSA) is 67.9 Å². The predicted molar refractivity (Wildman–Crippen MR) is 63.6 cm³/mol. The first kappa shape index (κ1) is 15.1. The lowest BCUT2D eigenvalue weighted by Crippen LogP contribution is -2.26. The highest BCUT2D eigenvalue weighted by Gasteiger charge is 2.23. The molecule has 1 amide bonds. The zero-order valence-corrected chi connectivity index (χ0v) is 11.6. The summed E-state index contributed by atoms with van der Waals surface area (Å²) in [6, 6.07) is 0. The number of methoxy groups -OCH3 is 1. The molecular weight excluding hydrogens is 259 g/mol. The Morgan fingerprint density at radius 3 is 2.47 bits per heavy atom. The Labute approximate surface area is 98.0 Å². The molecule has 0 bridgehead atoms. The van der Waals surface area contributed by atoms with Crippen LogP contribution in [0.4, 0.5) is 4.79 Å². The second-order valence-corrected chi connectivity index (χ2v) is 7.83. The van der Waals surface area contributed by atoms with Gasteiger partial charge in [0.05, 0.1) is 19.2 Å². The molecule has 0 heterocycles. The third kappa shape index (κ3) is 5.12. The predicted octanol–water partition coefficient (Wildman–Crippen LogP) is 2.34. The van der Waals surface area contributed by atoms with Crippen LogP contribution >= 0.6 is 30.2 Å². The Morgan fingerprint density at radius 1 is 1.53 bits per heavy atom. The maximum atomic E-state index is 11.7. The largest absolute Gasteiger partial charge is 0.452 e. The van der Waals surface area contributed by atoms with Gasteiger partial charge in [0.2, 0.25) is 0 Å². The number of hydrogen-bond donors (Lipinski definition) is 1. The molecule has 15 heavy (non-hydrogen) atoms. The second kappa shape index (κ2) is 7.40. The fraction of sp³-hybridized carbons (Fsp3) is 0.833. The Bertz CT molecular complexity index is 245. The van der Waals surface area contributed by atoms with Crippen LogP contribution in [0.5, 0.6) is 0 Å². The molecule has 6 nitrogen and oxygen atoms in total. The van der Waals surface area contributed by atoms with Gasteiger partial charge in [-0.05, 0) is 13.2 Å². The fourth-order valence-corrected chi connectivity index (χ4v) is 3.82. The van der Waals surface area contributed by atoms with Gasteiger partial charge < -0.3 is 9.26 Å². The zero-order valence-electron chi connectivity index (χ0n) is 9.05. The van der Waals surface area contributed by atoms with Crippen molar-refractivity contribution in [2.24, 2.45) is 0 Å². The normalized spacial score (nSPS) is 14.4. The quantitative estimate of drug-likeness (QED) is 0.589. The summed E-state index contributed by atoms with van der Waals surface area (Å²) in [6.07, 6.45) is 1.16. The first-order valence-corrected chi connectivity index (χ1v) is 8.27. The van der Waals surface area contributed by atoms with E-state index in [4.69, 9.17) is 4.52 Å². The standard InChI is InChI=1S/C6H15N2O4PS2/c1-5-8(6(9)11-2)15-7-13(10,12-3)14-4/h5H2,1-4H3,(H,7,10). The van der Waals surface area contributed by atoms with Crippen molar-refractivity contribution in [2.75, 3.05) is 27.0 Å². The molecule has 0 aliphatic heterocycles. The molecule has 0 aliphatic rings. The molecule has 0 fully saturated rings. The van der Waals surface area contributed by atoms with Crippen molar-refractivity contribution in [3.8, 4) is 0 Å². The number of amides is 1. The van der Waals surface area contributed by atoms with Gasteiger partial charge in [-0.1, -0.05) is 11.4 Å². The summed E-state index contributed by atoms with van der Waals surface area (Å²) in [6.45, 7) is -0.705. The number of carbonyl (C=O) groups is 1. The second-order valence-electron chi connectivity index (χ2n) is 2.21. The first-order chi connectivity index (χ1) is 7.02. The summed E-state index contributed by atoms with van der Waals surface area (Å²) in [5.74, 6) is 0. The fourth-order valence-electron chi connectivity index (χ4n) is 0.581. The molecule has 1 atom stereocenters. The van der Waals surface area contributed by atoms with Crippen LogP contribution in [-0.2, 0) is 13.8 Å². The lowest BCUT2D eigenvalue weighted by atomic mass is 10.8. The zero-order chi connectivity index (χ0) is 11.9. The van der Waals surface area contributed by atoms with Crippen molar-refractivity contribution in [1.29, 1.82) is 0 Å². The van der Waals surface area contributed by atoms with Gasteiger partial charge in [-0.2, -0.15) is 4.49 Å². The first-order valence-electron chi connectivity index (χ1n) is 4.04. The minimum atomic E-state index is -2.92. The van der Waals surface area contributed by atoms with Gasteiger partial charge in [-0.25, -0.2) is 9.10 Å². The number of ether oxygens (including phenoxy) is 1. The van der Waals surface area contributed by atoms with E-state index in [1.165, 1.54) is 18.5 Å². The van der Waals surface area contributed by atoms with Crippen LogP contribution in [0.3, 0.4) is 0 Å². The van der Waals surface area contributed by atoms with E-state index in [0.29, 0.717) is 6.54 Å². The summed E-state index contributed by atoms with van der Waals surface area (Å²) in [4.78, 5) is 11.1. The maximum Gasteiger partial charge on any atom is 0.420 e. The highest BCUT2D eigenvalue weighted by atomic mass is 32.7. The Morgan fingerprint density at radius 2 is 2.13 bits per heavy atom. The van der Waals surface area contributed by atoms with Gasteiger partial charge in [0.15, 0.2) is 0 Å². The molecule has 90 valence electrons. The minimum Gasteiger partial charge on any atom is -0.452 e.